The first-order valence-electron chi connectivity index (χ1n) is 12.4. The molecule has 1 fully saturated rings. The van der Waals surface area contributed by atoms with Gasteiger partial charge in [0.15, 0.2) is 5.78 Å². The van der Waals surface area contributed by atoms with E-state index in [1.54, 1.807) is 23.1 Å². The normalized spacial score (nSPS) is 13.0. The maximum absolute atomic E-state index is 13.0. The molecule has 0 bridgehead atoms. The highest BCUT2D eigenvalue weighted by molar-refractivity contribution is 6.04. The van der Waals surface area contributed by atoms with Crippen molar-refractivity contribution in [3.05, 3.63) is 89.1 Å². The molecule has 3 aromatic rings. The quantitative estimate of drug-likeness (QED) is 0.323. The van der Waals surface area contributed by atoms with E-state index in [-0.39, 0.29) is 36.1 Å². The zero-order chi connectivity index (χ0) is 27.7. The van der Waals surface area contributed by atoms with Gasteiger partial charge in [-0.2, -0.15) is 0 Å². The maximum Gasteiger partial charge on any atom is 0.336 e. The third-order valence-corrected chi connectivity index (χ3v) is 6.21. The number of carboxylic acid groups (broad SMARTS) is 1. The topological polar surface area (TPSA) is 96.8 Å². The summed E-state index contributed by atoms with van der Waals surface area (Å²) in [5.41, 5.74) is 0.432. The number of aromatic nitrogens is 1. The largest absolute Gasteiger partial charge is 0.478 e. The van der Waals surface area contributed by atoms with Crippen LogP contribution >= 0.6 is 0 Å². The Morgan fingerprint density at radius 2 is 1.59 bits per heavy atom. The fourth-order valence-electron chi connectivity index (χ4n) is 4.23. The summed E-state index contributed by atoms with van der Waals surface area (Å²) in [6, 6.07) is 12.7. The van der Waals surface area contributed by atoms with Gasteiger partial charge in [0.05, 0.1) is 22.9 Å². The lowest BCUT2D eigenvalue weighted by molar-refractivity contribution is 0.0649. The van der Waals surface area contributed by atoms with Crippen molar-refractivity contribution in [2.24, 2.45) is 5.92 Å². The summed E-state index contributed by atoms with van der Waals surface area (Å²) in [6.07, 6.45) is 5.39. The highest BCUT2D eigenvalue weighted by Crippen LogP contribution is 2.25. The van der Waals surface area contributed by atoms with Gasteiger partial charge < -0.3 is 14.7 Å². The molecule has 2 heterocycles. The Kier molecular flexibility index (Phi) is 11.7. The number of hydrogen-bond acceptors (Lipinski definition) is 5. The Bertz CT molecular complexity index is 1270. The number of carbonyl (C=O) groups is 3. The number of ether oxygens (including phenoxy) is 1. The van der Waals surface area contributed by atoms with E-state index in [4.69, 9.17) is 9.84 Å². The Morgan fingerprint density at radius 1 is 0.974 bits per heavy atom. The Morgan fingerprint density at radius 3 is 2.15 bits per heavy atom. The molecule has 0 atom stereocenters. The van der Waals surface area contributed by atoms with Crippen LogP contribution in [0.1, 0.15) is 78.0 Å². The molecule has 2 aromatic carbocycles. The molecule has 1 aliphatic heterocycles. The SMILES string of the molecule is C.CC(=O)c1cc(F)cnc1Oc1ccc(F)cc1.CCCC1CCN(C(=O)c2ccccc2C(=O)O)CC1. The number of pyridine rings is 1. The summed E-state index contributed by atoms with van der Waals surface area (Å²) in [4.78, 5) is 40.4. The van der Waals surface area contributed by atoms with Crippen LogP contribution in [-0.4, -0.2) is 45.7 Å². The summed E-state index contributed by atoms with van der Waals surface area (Å²) in [5.74, 6) is -1.56. The fourth-order valence-corrected chi connectivity index (χ4v) is 4.23. The van der Waals surface area contributed by atoms with E-state index in [2.05, 4.69) is 11.9 Å². The van der Waals surface area contributed by atoms with E-state index in [9.17, 15) is 23.2 Å². The van der Waals surface area contributed by atoms with Crippen molar-refractivity contribution >= 4 is 17.7 Å². The predicted molar refractivity (Wildman–Crippen MR) is 144 cm³/mol. The summed E-state index contributed by atoms with van der Waals surface area (Å²) in [6.45, 7) is 4.93. The number of ketones is 1. The maximum atomic E-state index is 13.0. The summed E-state index contributed by atoms with van der Waals surface area (Å²) >= 11 is 0. The minimum Gasteiger partial charge on any atom is -0.478 e. The van der Waals surface area contributed by atoms with E-state index in [0.717, 1.165) is 38.2 Å². The molecule has 7 nitrogen and oxygen atoms in total. The second kappa shape index (κ2) is 14.7. The molecule has 0 spiro atoms. The van der Waals surface area contributed by atoms with Crippen LogP contribution in [0.15, 0.2) is 60.8 Å². The number of halogens is 2. The van der Waals surface area contributed by atoms with E-state index < -0.39 is 17.6 Å². The number of carboxylic acids is 1. The van der Waals surface area contributed by atoms with Crippen molar-refractivity contribution in [3.8, 4) is 11.6 Å². The number of nitrogens with zero attached hydrogens (tertiary/aromatic N) is 2. The van der Waals surface area contributed by atoms with Crippen LogP contribution < -0.4 is 4.74 Å². The zero-order valence-electron chi connectivity index (χ0n) is 21.3. The monoisotopic (exact) mass is 540 g/mol. The highest BCUT2D eigenvalue weighted by Gasteiger charge is 2.25. The summed E-state index contributed by atoms with van der Waals surface area (Å²) in [5, 5.41) is 9.15. The minimum atomic E-state index is -1.05. The molecule has 0 saturated carbocycles. The van der Waals surface area contributed by atoms with Gasteiger partial charge in [-0.1, -0.05) is 39.3 Å². The average molecular weight is 541 g/mol. The molecule has 39 heavy (non-hydrogen) atoms. The van der Waals surface area contributed by atoms with Gasteiger partial charge in [0.25, 0.3) is 5.91 Å². The molecule has 9 heteroatoms. The molecule has 1 N–H and O–H groups in total. The summed E-state index contributed by atoms with van der Waals surface area (Å²) < 4.78 is 31.0. The predicted octanol–water partition coefficient (Wildman–Crippen LogP) is 7.03. The van der Waals surface area contributed by atoms with Crippen LogP contribution in [0, 0.1) is 17.6 Å². The van der Waals surface area contributed by atoms with Crippen molar-refractivity contribution in [3.63, 3.8) is 0 Å². The Labute approximate surface area is 227 Å². The number of piperidine rings is 1. The lowest BCUT2D eigenvalue weighted by Crippen LogP contribution is -2.39. The van der Waals surface area contributed by atoms with Crippen molar-refractivity contribution in [1.82, 2.24) is 9.88 Å². The molecule has 1 saturated heterocycles. The third kappa shape index (κ3) is 8.70. The van der Waals surface area contributed by atoms with Gasteiger partial charge in [0.1, 0.15) is 17.4 Å². The molecule has 1 aliphatic rings. The third-order valence-electron chi connectivity index (χ3n) is 6.21. The van der Waals surface area contributed by atoms with Gasteiger partial charge in [-0.25, -0.2) is 18.6 Å². The number of aromatic carboxylic acids is 1. The van der Waals surface area contributed by atoms with Crippen molar-refractivity contribution in [1.29, 1.82) is 0 Å². The number of carbonyl (C=O) groups excluding carboxylic acids is 2. The van der Waals surface area contributed by atoms with Gasteiger partial charge in [-0.15, -0.1) is 0 Å². The van der Waals surface area contributed by atoms with Gasteiger partial charge in [-0.3, -0.25) is 9.59 Å². The van der Waals surface area contributed by atoms with E-state index in [1.807, 2.05) is 0 Å². The number of likely N-dealkylation sites (tertiary alicyclic amines) is 1. The standard InChI is InChI=1S/C16H21NO3.C13H9F2NO2.CH4/c1-2-5-12-8-10-17(11-9-12)15(18)13-6-3-4-7-14(13)16(19)20;1-8(17)12-6-10(15)7-16-13(12)18-11-4-2-9(14)3-5-11;/h3-4,6-7,12H,2,5,8-11H2,1H3,(H,19,20);2-7H,1H3;1H4. The van der Waals surface area contributed by atoms with Crippen LogP contribution in [0.5, 0.6) is 11.6 Å². The van der Waals surface area contributed by atoms with Crippen molar-refractivity contribution < 1.29 is 33.0 Å². The summed E-state index contributed by atoms with van der Waals surface area (Å²) in [7, 11) is 0. The molecule has 0 aliphatic carbocycles. The van der Waals surface area contributed by atoms with Gasteiger partial charge in [0, 0.05) is 13.1 Å². The van der Waals surface area contributed by atoms with Crippen LogP contribution in [0.3, 0.4) is 0 Å². The second-order valence-electron chi connectivity index (χ2n) is 8.99. The van der Waals surface area contributed by atoms with Crippen LogP contribution in [-0.2, 0) is 0 Å². The molecule has 4 rings (SSSR count). The first-order chi connectivity index (χ1) is 18.2. The number of amides is 1. The lowest BCUT2D eigenvalue weighted by Gasteiger charge is -2.32. The molecular weight excluding hydrogens is 506 g/mol. The molecule has 1 aromatic heterocycles. The van der Waals surface area contributed by atoms with Gasteiger partial charge in [-0.05, 0) is 68.1 Å². The molecule has 1 amide bonds. The molecule has 208 valence electrons. The smallest absolute Gasteiger partial charge is 0.336 e. The van der Waals surface area contributed by atoms with Crippen molar-refractivity contribution in [2.45, 2.75) is 47.0 Å². The Balaban J connectivity index is 0.000000268. The van der Waals surface area contributed by atoms with Gasteiger partial charge in [0.2, 0.25) is 5.88 Å². The van der Waals surface area contributed by atoms with Gasteiger partial charge >= 0.3 is 5.97 Å². The molecule has 0 radical (unpaired) electrons. The van der Waals surface area contributed by atoms with E-state index >= 15 is 0 Å². The fraction of sp³-hybridized carbons (Fsp3) is 0.333. The Hall–Kier alpha value is -4.14. The van der Waals surface area contributed by atoms with E-state index in [0.29, 0.717) is 17.2 Å². The van der Waals surface area contributed by atoms with Crippen LogP contribution in [0.4, 0.5) is 8.78 Å². The van der Waals surface area contributed by atoms with Crippen LogP contribution in [0.2, 0.25) is 0 Å². The average Bonchev–Trinajstić information content (AvgIpc) is 2.91. The van der Waals surface area contributed by atoms with Crippen LogP contribution in [0.25, 0.3) is 0 Å². The first kappa shape index (κ1) is 31.1. The number of rotatable bonds is 7. The van der Waals surface area contributed by atoms with E-state index in [1.165, 1.54) is 50.1 Å². The zero-order valence-corrected chi connectivity index (χ0v) is 21.3. The number of Topliss-reactive ketones (excluding diaryl/α,β-unsaturated/α-hetero) is 1. The lowest BCUT2D eigenvalue weighted by atomic mass is 9.92. The number of benzene rings is 2. The van der Waals surface area contributed by atoms with Crippen molar-refractivity contribution in [2.75, 3.05) is 13.1 Å². The molecular formula is C30H34F2N2O5. The number of hydrogen-bond donors (Lipinski definition) is 1. The minimum absolute atomic E-state index is 0. The molecule has 0 unspecified atom stereocenters. The highest BCUT2D eigenvalue weighted by atomic mass is 19.1. The second-order valence-corrected chi connectivity index (χ2v) is 8.99. The first-order valence-corrected chi connectivity index (χ1v) is 12.4.